The van der Waals surface area contributed by atoms with Gasteiger partial charge in [-0.25, -0.2) is 0 Å². The summed E-state index contributed by atoms with van der Waals surface area (Å²) in [5.41, 5.74) is 2.65. The summed E-state index contributed by atoms with van der Waals surface area (Å²) < 4.78 is 0. The van der Waals surface area contributed by atoms with Crippen molar-refractivity contribution in [2.75, 3.05) is 10.6 Å². The van der Waals surface area contributed by atoms with Crippen LogP contribution in [-0.2, 0) is 0 Å². The molecule has 190 valence electrons. The standard InChI is InChI=1S/C28H22N4O6/c1-17-11-13-19(15-25(17)31(35)36)29-27(33)23-9-5-3-7-21(23)22-8-4-6-10-24(22)28(34)30-20-14-12-18(2)26(16-20)32(37)38/h3-16H,1-2H3,(H,29,33)(H,30,34). The van der Waals surface area contributed by atoms with Crippen molar-refractivity contribution in [3.63, 3.8) is 0 Å². The predicted molar refractivity (Wildman–Crippen MR) is 143 cm³/mol. The molecule has 0 saturated heterocycles. The Morgan fingerprint density at radius 3 is 1.34 bits per heavy atom. The second-order valence-corrected chi connectivity index (χ2v) is 8.52. The maximum atomic E-state index is 13.2. The number of benzene rings is 4. The molecule has 0 aromatic heterocycles. The number of anilines is 2. The van der Waals surface area contributed by atoms with Gasteiger partial charge in [0.1, 0.15) is 0 Å². The number of nitro groups is 2. The Morgan fingerprint density at radius 2 is 0.974 bits per heavy atom. The number of nitrogens with one attached hydrogen (secondary N) is 2. The quantitative estimate of drug-likeness (QED) is 0.221. The SMILES string of the molecule is Cc1ccc(NC(=O)c2ccccc2-c2ccccc2C(=O)Nc2ccc(C)c([N+](=O)[O-])c2)cc1[N+](=O)[O-]. The summed E-state index contributed by atoms with van der Waals surface area (Å²) in [6.45, 7) is 3.21. The van der Waals surface area contributed by atoms with Crippen molar-refractivity contribution in [3.05, 3.63) is 127 Å². The molecule has 4 rings (SSSR count). The number of carbonyl (C=O) groups excluding carboxylic acids is 2. The molecule has 10 heteroatoms. The molecule has 0 unspecified atom stereocenters. The van der Waals surface area contributed by atoms with Gasteiger partial charge in [0, 0.05) is 45.8 Å². The lowest BCUT2D eigenvalue weighted by Crippen LogP contribution is -2.16. The third-order valence-corrected chi connectivity index (χ3v) is 5.96. The third-order valence-electron chi connectivity index (χ3n) is 5.96. The number of nitrogens with zero attached hydrogens (tertiary/aromatic N) is 2. The van der Waals surface area contributed by atoms with Crippen molar-refractivity contribution < 1.29 is 19.4 Å². The van der Waals surface area contributed by atoms with E-state index in [1.807, 2.05) is 0 Å². The van der Waals surface area contributed by atoms with Gasteiger partial charge in [-0.15, -0.1) is 0 Å². The Kier molecular flexibility index (Phi) is 7.24. The lowest BCUT2D eigenvalue weighted by molar-refractivity contribution is -0.385. The summed E-state index contributed by atoms with van der Waals surface area (Å²) in [6, 6.07) is 22.2. The van der Waals surface area contributed by atoms with Gasteiger partial charge in [-0.1, -0.05) is 48.5 Å². The van der Waals surface area contributed by atoms with Crippen LogP contribution in [0.15, 0.2) is 84.9 Å². The smallest absolute Gasteiger partial charge is 0.274 e. The summed E-state index contributed by atoms with van der Waals surface area (Å²) in [5, 5.41) is 28.0. The molecule has 0 aliphatic heterocycles. The molecule has 2 N–H and O–H groups in total. The van der Waals surface area contributed by atoms with E-state index in [4.69, 9.17) is 0 Å². The normalized spacial score (nSPS) is 10.5. The molecule has 0 heterocycles. The first-order valence-corrected chi connectivity index (χ1v) is 11.5. The average molecular weight is 511 g/mol. The van der Waals surface area contributed by atoms with Gasteiger partial charge < -0.3 is 10.6 Å². The second-order valence-electron chi connectivity index (χ2n) is 8.52. The molecular weight excluding hydrogens is 488 g/mol. The van der Waals surface area contributed by atoms with E-state index in [9.17, 15) is 29.8 Å². The highest BCUT2D eigenvalue weighted by Crippen LogP contribution is 2.30. The first-order valence-electron chi connectivity index (χ1n) is 11.5. The number of rotatable bonds is 7. The summed E-state index contributed by atoms with van der Waals surface area (Å²) in [5.74, 6) is -1.02. The Morgan fingerprint density at radius 1 is 0.605 bits per heavy atom. The van der Waals surface area contributed by atoms with E-state index in [0.717, 1.165) is 0 Å². The molecule has 0 radical (unpaired) electrons. The molecule has 4 aromatic rings. The second kappa shape index (κ2) is 10.7. The molecule has 10 nitrogen and oxygen atoms in total. The van der Waals surface area contributed by atoms with Crippen LogP contribution < -0.4 is 10.6 Å². The predicted octanol–water partition coefficient (Wildman–Crippen LogP) is 6.29. The highest BCUT2D eigenvalue weighted by molar-refractivity contribution is 6.13. The molecule has 0 atom stereocenters. The fourth-order valence-electron chi connectivity index (χ4n) is 4.00. The van der Waals surface area contributed by atoms with Crippen molar-refractivity contribution in [2.24, 2.45) is 0 Å². The number of hydrogen-bond donors (Lipinski definition) is 2. The summed E-state index contributed by atoms with van der Waals surface area (Å²) >= 11 is 0. The molecule has 0 aliphatic rings. The van der Waals surface area contributed by atoms with Gasteiger partial charge in [0.05, 0.1) is 9.85 Å². The zero-order chi connectivity index (χ0) is 27.4. The fraction of sp³-hybridized carbons (Fsp3) is 0.0714. The Balaban J connectivity index is 1.67. The number of aryl methyl sites for hydroxylation is 2. The summed E-state index contributed by atoms with van der Waals surface area (Å²) in [4.78, 5) is 48.0. The minimum absolute atomic E-state index is 0.116. The van der Waals surface area contributed by atoms with Gasteiger partial charge in [-0.05, 0) is 49.2 Å². The third kappa shape index (κ3) is 5.39. The average Bonchev–Trinajstić information content (AvgIpc) is 2.90. The van der Waals surface area contributed by atoms with Crippen molar-refractivity contribution in [1.82, 2.24) is 0 Å². The molecule has 0 fully saturated rings. The Hall–Kier alpha value is -5.38. The lowest BCUT2D eigenvalue weighted by Gasteiger charge is -2.14. The molecule has 0 saturated carbocycles. The number of nitro benzene ring substituents is 2. The first kappa shape index (κ1) is 25.7. The van der Waals surface area contributed by atoms with Crippen LogP contribution >= 0.6 is 0 Å². The topological polar surface area (TPSA) is 144 Å². The molecule has 2 amide bonds. The van der Waals surface area contributed by atoms with Crippen LogP contribution in [0.1, 0.15) is 31.8 Å². The zero-order valence-corrected chi connectivity index (χ0v) is 20.4. The van der Waals surface area contributed by atoms with Crippen molar-refractivity contribution in [2.45, 2.75) is 13.8 Å². The van der Waals surface area contributed by atoms with E-state index in [2.05, 4.69) is 10.6 Å². The van der Waals surface area contributed by atoms with Gasteiger partial charge in [0.2, 0.25) is 0 Å². The number of carbonyl (C=O) groups is 2. The molecule has 38 heavy (non-hydrogen) atoms. The minimum atomic E-state index is -0.517. The molecule has 0 spiro atoms. The van der Waals surface area contributed by atoms with E-state index in [1.54, 1.807) is 86.6 Å². The number of amides is 2. The van der Waals surface area contributed by atoms with E-state index >= 15 is 0 Å². The summed E-state index contributed by atoms with van der Waals surface area (Å²) in [7, 11) is 0. The maximum absolute atomic E-state index is 13.2. The molecule has 0 bridgehead atoms. The lowest BCUT2D eigenvalue weighted by atomic mass is 9.94. The minimum Gasteiger partial charge on any atom is -0.322 e. The van der Waals surface area contributed by atoms with Gasteiger partial charge in [-0.3, -0.25) is 29.8 Å². The first-order chi connectivity index (χ1) is 18.2. The van der Waals surface area contributed by atoms with Crippen LogP contribution in [0.2, 0.25) is 0 Å². The van der Waals surface area contributed by atoms with Crippen molar-refractivity contribution >= 4 is 34.6 Å². The van der Waals surface area contributed by atoms with Crippen LogP contribution in [0.5, 0.6) is 0 Å². The van der Waals surface area contributed by atoms with E-state index in [1.165, 1.54) is 12.1 Å². The Bertz CT molecular complexity index is 1480. The maximum Gasteiger partial charge on any atom is 0.274 e. The van der Waals surface area contributed by atoms with Crippen LogP contribution in [0.25, 0.3) is 11.1 Å². The van der Waals surface area contributed by atoms with Crippen LogP contribution in [-0.4, -0.2) is 21.7 Å². The highest BCUT2D eigenvalue weighted by atomic mass is 16.6. The van der Waals surface area contributed by atoms with Crippen molar-refractivity contribution in [1.29, 1.82) is 0 Å². The van der Waals surface area contributed by atoms with E-state index in [0.29, 0.717) is 22.3 Å². The van der Waals surface area contributed by atoms with Crippen molar-refractivity contribution in [3.8, 4) is 11.1 Å². The van der Waals surface area contributed by atoms with Crippen LogP contribution in [0.3, 0.4) is 0 Å². The van der Waals surface area contributed by atoms with Crippen LogP contribution in [0, 0.1) is 34.1 Å². The van der Waals surface area contributed by atoms with Gasteiger partial charge >= 0.3 is 0 Å². The largest absolute Gasteiger partial charge is 0.322 e. The highest BCUT2D eigenvalue weighted by Gasteiger charge is 2.20. The molecular formula is C28H22N4O6. The van der Waals surface area contributed by atoms with E-state index in [-0.39, 0.29) is 33.9 Å². The van der Waals surface area contributed by atoms with E-state index < -0.39 is 21.7 Å². The van der Waals surface area contributed by atoms with Gasteiger partial charge in [0.15, 0.2) is 0 Å². The summed E-state index contributed by atoms with van der Waals surface area (Å²) in [6.07, 6.45) is 0. The fourth-order valence-corrected chi connectivity index (χ4v) is 4.00. The molecule has 4 aromatic carbocycles. The Labute approximate surface area is 217 Å². The monoisotopic (exact) mass is 510 g/mol. The molecule has 0 aliphatic carbocycles. The zero-order valence-electron chi connectivity index (χ0n) is 20.4. The van der Waals surface area contributed by atoms with Gasteiger partial charge in [-0.2, -0.15) is 0 Å². The van der Waals surface area contributed by atoms with Crippen LogP contribution in [0.4, 0.5) is 22.7 Å². The van der Waals surface area contributed by atoms with Gasteiger partial charge in [0.25, 0.3) is 23.2 Å². The number of hydrogen-bond acceptors (Lipinski definition) is 6.